The summed E-state index contributed by atoms with van der Waals surface area (Å²) in [7, 11) is 0. The lowest BCUT2D eigenvalue weighted by atomic mass is 10.1. The molecule has 1 atom stereocenters. The molecule has 0 amide bonds. The predicted molar refractivity (Wildman–Crippen MR) is 60.3 cm³/mol. The average Bonchev–Trinajstić information content (AvgIpc) is 2.17. The number of carbonyl (C=O) groups excluding carboxylic acids is 1. The van der Waals surface area contributed by atoms with Crippen molar-refractivity contribution in [1.82, 2.24) is 0 Å². The van der Waals surface area contributed by atoms with Gasteiger partial charge in [0.15, 0.2) is 5.78 Å². The van der Waals surface area contributed by atoms with Gasteiger partial charge in [-0.3, -0.25) is 4.79 Å². The Hall–Kier alpha value is -0.240. The molecule has 0 N–H and O–H groups in total. The lowest BCUT2D eigenvalue weighted by Crippen LogP contribution is -2.01. The van der Waals surface area contributed by atoms with Gasteiger partial charge in [0.25, 0.3) is 0 Å². The van der Waals surface area contributed by atoms with Crippen molar-refractivity contribution in [2.45, 2.75) is 18.2 Å². The molecule has 0 aromatic heterocycles. The van der Waals surface area contributed by atoms with Crippen LogP contribution in [0.1, 0.15) is 23.4 Å². The van der Waals surface area contributed by atoms with E-state index in [-0.39, 0.29) is 5.78 Å². The molecule has 1 aromatic rings. The molecule has 76 valence electrons. The summed E-state index contributed by atoms with van der Waals surface area (Å²) in [6.45, 7) is 1.45. The van der Waals surface area contributed by atoms with Crippen LogP contribution in [0.2, 0.25) is 5.02 Å². The Labute approximate surface area is 98.0 Å². The fraction of sp³-hybridized carbons (Fsp3) is 0.300. The van der Waals surface area contributed by atoms with Gasteiger partial charge in [-0.05, 0) is 24.1 Å². The molecule has 0 aliphatic carbocycles. The maximum Gasteiger partial charge on any atom is 0.152 e. The summed E-state index contributed by atoms with van der Waals surface area (Å²) >= 11 is 17.4. The Balaban J connectivity index is 3.06. The molecular weight excluding hydrogens is 242 g/mol. The van der Waals surface area contributed by atoms with E-state index in [1.807, 2.05) is 0 Å². The number of carbonyl (C=O) groups is 1. The summed E-state index contributed by atoms with van der Waals surface area (Å²) in [5, 5.41) is -0.0228. The summed E-state index contributed by atoms with van der Waals surface area (Å²) in [6.07, 6.45) is 0. The molecule has 4 heteroatoms. The first-order chi connectivity index (χ1) is 6.56. The molecule has 0 aliphatic heterocycles. The summed E-state index contributed by atoms with van der Waals surface area (Å²) in [5.41, 5.74) is 1.52. The monoisotopic (exact) mass is 250 g/mol. The number of Topliss-reactive ketones (excluding diaryl/α,β-unsaturated/α-hetero) is 1. The largest absolute Gasteiger partial charge is 0.298 e. The summed E-state index contributed by atoms with van der Waals surface area (Å²) in [5.74, 6) is 0.225. The van der Waals surface area contributed by atoms with Crippen LogP contribution in [-0.2, 0) is 10.7 Å². The van der Waals surface area contributed by atoms with Crippen LogP contribution in [0.15, 0.2) is 18.2 Å². The van der Waals surface area contributed by atoms with Gasteiger partial charge in [-0.1, -0.05) is 23.7 Å². The lowest BCUT2D eigenvalue weighted by molar-refractivity contribution is -0.116. The van der Waals surface area contributed by atoms with E-state index in [0.29, 0.717) is 10.9 Å². The van der Waals surface area contributed by atoms with Crippen molar-refractivity contribution in [3.8, 4) is 0 Å². The number of alkyl halides is 2. The van der Waals surface area contributed by atoms with E-state index in [0.717, 1.165) is 11.1 Å². The van der Waals surface area contributed by atoms with Gasteiger partial charge in [-0.15, -0.1) is 23.2 Å². The van der Waals surface area contributed by atoms with E-state index in [9.17, 15) is 4.79 Å². The highest BCUT2D eigenvalue weighted by atomic mass is 35.5. The van der Waals surface area contributed by atoms with Gasteiger partial charge in [-0.25, -0.2) is 0 Å². The molecule has 1 aromatic carbocycles. The highest BCUT2D eigenvalue weighted by Gasteiger charge is 2.14. The lowest BCUT2D eigenvalue weighted by Gasteiger charge is -2.08. The molecule has 0 fully saturated rings. The Morgan fingerprint density at radius 3 is 2.64 bits per heavy atom. The maximum absolute atomic E-state index is 11.0. The zero-order valence-corrected chi connectivity index (χ0v) is 9.83. The molecular formula is C10H9Cl3O. The molecule has 0 saturated heterocycles. The van der Waals surface area contributed by atoms with Crippen molar-refractivity contribution < 1.29 is 4.79 Å². The van der Waals surface area contributed by atoms with Gasteiger partial charge in [-0.2, -0.15) is 0 Å². The second-order valence-corrected chi connectivity index (χ2v) is 4.07. The average molecular weight is 252 g/mol. The molecule has 0 radical (unpaired) electrons. The van der Waals surface area contributed by atoms with E-state index >= 15 is 0 Å². The van der Waals surface area contributed by atoms with E-state index < -0.39 is 5.38 Å². The van der Waals surface area contributed by atoms with Crippen LogP contribution < -0.4 is 0 Å². The Morgan fingerprint density at radius 1 is 1.50 bits per heavy atom. The second kappa shape index (κ2) is 5.01. The SMILES string of the molecule is CC(=O)C(Cl)c1ccc(Cl)c(CCl)c1. The van der Waals surface area contributed by atoms with Crippen LogP contribution in [0.5, 0.6) is 0 Å². The Kier molecular flexibility index (Phi) is 4.24. The fourth-order valence-electron chi connectivity index (χ4n) is 1.09. The molecule has 0 heterocycles. The minimum absolute atomic E-state index is 0.0884. The number of halogens is 3. The van der Waals surface area contributed by atoms with Crippen molar-refractivity contribution >= 4 is 40.6 Å². The van der Waals surface area contributed by atoms with Crippen LogP contribution in [0.25, 0.3) is 0 Å². The summed E-state index contributed by atoms with van der Waals surface area (Å²) in [4.78, 5) is 11.0. The second-order valence-electron chi connectivity index (χ2n) is 2.96. The van der Waals surface area contributed by atoms with E-state index in [4.69, 9.17) is 34.8 Å². The molecule has 1 rings (SSSR count). The molecule has 1 nitrogen and oxygen atoms in total. The van der Waals surface area contributed by atoms with Crippen LogP contribution in [0, 0.1) is 0 Å². The van der Waals surface area contributed by atoms with Gasteiger partial charge >= 0.3 is 0 Å². The molecule has 0 bridgehead atoms. The van der Waals surface area contributed by atoms with Gasteiger partial charge < -0.3 is 0 Å². The van der Waals surface area contributed by atoms with Crippen LogP contribution in [0.3, 0.4) is 0 Å². The highest BCUT2D eigenvalue weighted by molar-refractivity contribution is 6.33. The van der Waals surface area contributed by atoms with Crippen molar-refractivity contribution in [2.75, 3.05) is 0 Å². The third kappa shape index (κ3) is 2.63. The summed E-state index contributed by atoms with van der Waals surface area (Å²) < 4.78 is 0. The number of hydrogen-bond acceptors (Lipinski definition) is 1. The smallest absolute Gasteiger partial charge is 0.152 e. The zero-order chi connectivity index (χ0) is 10.7. The standard InChI is InChI=1S/C10H9Cl3O/c1-6(14)10(13)7-2-3-9(12)8(4-7)5-11/h2-4,10H,5H2,1H3. The Morgan fingerprint density at radius 2 is 2.14 bits per heavy atom. The molecule has 14 heavy (non-hydrogen) atoms. The Bertz CT molecular complexity index is 349. The minimum Gasteiger partial charge on any atom is -0.298 e. The highest BCUT2D eigenvalue weighted by Crippen LogP contribution is 2.26. The summed E-state index contributed by atoms with van der Waals surface area (Å²) in [6, 6.07) is 5.19. The van der Waals surface area contributed by atoms with E-state index in [1.54, 1.807) is 18.2 Å². The van der Waals surface area contributed by atoms with Crippen molar-refractivity contribution in [3.05, 3.63) is 34.3 Å². The first-order valence-corrected chi connectivity index (χ1v) is 5.40. The quantitative estimate of drug-likeness (QED) is 0.744. The molecule has 0 aliphatic rings. The number of rotatable bonds is 3. The first kappa shape index (κ1) is 11.8. The van der Waals surface area contributed by atoms with Crippen LogP contribution in [-0.4, -0.2) is 5.78 Å². The number of ketones is 1. The predicted octanol–water partition coefficient (Wildman–Crippen LogP) is 3.95. The van der Waals surface area contributed by atoms with Gasteiger partial charge in [0.05, 0.1) is 0 Å². The van der Waals surface area contributed by atoms with Crippen molar-refractivity contribution in [1.29, 1.82) is 0 Å². The number of hydrogen-bond donors (Lipinski definition) is 0. The van der Waals surface area contributed by atoms with Crippen molar-refractivity contribution in [3.63, 3.8) is 0 Å². The topological polar surface area (TPSA) is 17.1 Å². The third-order valence-electron chi connectivity index (χ3n) is 1.86. The molecule has 0 saturated carbocycles. The van der Waals surface area contributed by atoms with Gasteiger partial charge in [0.1, 0.15) is 5.38 Å². The van der Waals surface area contributed by atoms with E-state index in [1.165, 1.54) is 6.92 Å². The minimum atomic E-state index is -0.616. The molecule has 0 spiro atoms. The normalized spacial score (nSPS) is 12.6. The van der Waals surface area contributed by atoms with Gasteiger partial charge in [0, 0.05) is 10.9 Å². The maximum atomic E-state index is 11.0. The van der Waals surface area contributed by atoms with Crippen molar-refractivity contribution in [2.24, 2.45) is 0 Å². The van der Waals surface area contributed by atoms with E-state index in [2.05, 4.69) is 0 Å². The van der Waals surface area contributed by atoms with Gasteiger partial charge in [0.2, 0.25) is 0 Å². The zero-order valence-electron chi connectivity index (χ0n) is 7.56. The third-order valence-corrected chi connectivity index (χ3v) is 3.08. The van der Waals surface area contributed by atoms with Crippen LogP contribution >= 0.6 is 34.8 Å². The molecule has 1 unspecified atom stereocenters. The first-order valence-electron chi connectivity index (χ1n) is 4.05. The number of benzene rings is 1. The van der Waals surface area contributed by atoms with Crippen LogP contribution in [0.4, 0.5) is 0 Å². The fourth-order valence-corrected chi connectivity index (χ4v) is 1.70.